The van der Waals surface area contributed by atoms with Gasteiger partial charge in [0.2, 0.25) is 5.91 Å². The average Bonchev–Trinajstić information content (AvgIpc) is 2.13. The van der Waals surface area contributed by atoms with Gasteiger partial charge in [-0.15, -0.1) is 0 Å². The second-order valence-electron chi connectivity index (χ2n) is 6.53. The summed E-state index contributed by atoms with van der Waals surface area (Å²) in [7, 11) is 0. The number of amides is 1. The number of rotatable bonds is 1. The molecule has 1 saturated carbocycles. The molecule has 1 aliphatic heterocycles. The van der Waals surface area contributed by atoms with Crippen LogP contribution < -0.4 is 5.32 Å². The van der Waals surface area contributed by atoms with Gasteiger partial charge in [-0.2, -0.15) is 0 Å². The molecule has 1 N–H and O–H groups in total. The Labute approximate surface area is 104 Å². The number of carbonyl (C=O) groups is 1. The summed E-state index contributed by atoms with van der Waals surface area (Å²) < 4.78 is 0. The van der Waals surface area contributed by atoms with Crippen molar-refractivity contribution in [3.05, 3.63) is 0 Å². The van der Waals surface area contributed by atoms with E-state index in [4.69, 9.17) is 4.99 Å². The maximum Gasteiger partial charge on any atom is 0.217 e. The Kier molecular flexibility index (Phi) is 2.83. The van der Waals surface area contributed by atoms with Gasteiger partial charge in [-0.3, -0.25) is 9.79 Å². The molecule has 3 nitrogen and oxygen atoms in total. The number of hydrogen-bond acceptors (Lipinski definition) is 2. The van der Waals surface area contributed by atoms with E-state index in [0.29, 0.717) is 11.8 Å². The Hall–Kier alpha value is -0.860. The van der Waals surface area contributed by atoms with Crippen LogP contribution in [0.4, 0.5) is 0 Å². The molecule has 1 fully saturated rings. The molecule has 1 amide bonds. The number of hydrogen-bond donors (Lipinski definition) is 1. The Balaban J connectivity index is 2.31. The zero-order valence-electron chi connectivity index (χ0n) is 11.6. The Bertz CT molecular complexity index is 372. The van der Waals surface area contributed by atoms with E-state index in [1.807, 2.05) is 0 Å². The highest BCUT2D eigenvalue weighted by atomic mass is 16.1. The van der Waals surface area contributed by atoms with Gasteiger partial charge in [-0.1, -0.05) is 0 Å². The lowest BCUT2D eigenvalue weighted by atomic mass is 9.61. The molecule has 0 radical (unpaired) electrons. The minimum absolute atomic E-state index is 0.0728. The second kappa shape index (κ2) is 3.82. The van der Waals surface area contributed by atoms with E-state index < -0.39 is 0 Å². The largest absolute Gasteiger partial charge is 0.351 e. The quantitative estimate of drug-likeness (QED) is 0.747. The first-order chi connectivity index (χ1) is 7.74. The molecule has 17 heavy (non-hydrogen) atoms. The molecule has 2 bridgehead atoms. The van der Waals surface area contributed by atoms with Gasteiger partial charge < -0.3 is 5.32 Å². The molecule has 0 aromatic carbocycles. The Morgan fingerprint density at radius 2 is 2.06 bits per heavy atom. The summed E-state index contributed by atoms with van der Waals surface area (Å²) >= 11 is 0. The van der Waals surface area contributed by atoms with Crippen LogP contribution in [0.2, 0.25) is 0 Å². The van der Waals surface area contributed by atoms with E-state index in [2.05, 4.69) is 33.0 Å². The Morgan fingerprint density at radius 1 is 1.41 bits per heavy atom. The van der Waals surface area contributed by atoms with Crippen LogP contribution in [0.3, 0.4) is 0 Å². The molecule has 96 valence electrons. The number of carbonyl (C=O) groups excluding carboxylic acids is 1. The molecule has 0 saturated heterocycles. The number of nitrogens with zero attached hydrogens (tertiary/aromatic N) is 1. The summed E-state index contributed by atoms with van der Waals surface area (Å²) in [5.41, 5.74) is 1.20. The average molecular weight is 236 g/mol. The van der Waals surface area contributed by atoms with Crippen molar-refractivity contribution in [1.29, 1.82) is 0 Å². The molecule has 1 heterocycles. The molecule has 0 aromatic heterocycles. The first kappa shape index (κ1) is 12.6. The first-order valence-corrected chi connectivity index (χ1v) is 6.60. The summed E-state index contributed by atoms with van der Waals surface area (Å²) in [5.74, 6) is 1.15. The predicted octanol–water partition coefficient (Wildman–Crippen LogP) is 2.55. The molecule has 3 heteroatoms. The summed E-state index contributed by atoms with van der Waals surface area (Å²) in [6, 6.07) is 0. The minimum Gasteiger partial charge on any atom is -0.351 e. The van der Waals surface area contributed by atoms with Crippen LogP contribution in [0.25, 0.3) is 0 Å². The highest BCUT2D eigenvalue weighted by Gasteiger charge is 2.48. The fourth-order valence-electron chi connectivity index (χ4n) is 3.76. The molecule has 1 aliphatic carbocycles. The third-order valence-electron chi connectivity index (χ3n) is 4.73. The number of fused-ring (bicyclic) bond motifs is 2. The van der Waals surface area contributed by atoms with Crippen LogP contribution in [0, 0.1) is 11.8 Å². The zero-order chi connectivity index (χ0) is 12.8. The molecular formula is C14H24N2O. The molecule has 0 aromatic rings. The van der Waals surface area contributed by atoms with Crippen molar-refractivity contribution >= 4 is 11.6 Å². The van der Waals surface area contributed by atoms with E-state index in [-0.39, 0.29) is 17.0 Å². The lowest BCUT2D eigenvalue weighted by Crippen LogP contribution is -2.59. The zero-order valence-corrected chi connectivity index (χ0v) is 11.6. The van der Waals surface area contributed by atoms with Gasteiger partial charge in [0.1, 0.15) is 0 Å². The van der Waals surface area contributed by atoms with E-state index >= 15 is 0 Å². The van der Waals surface area contributed by atoms with Gasteiger partial charge in [0, 0.05) is 24.1 Å². The minimum atomic E-state index is -0.0909. The van der Waals surface area contributed by atoms with Crippen LogP contribution in [-0.2, 0) is 4.79 Å². The highest BCUT2D eigenvalue weighted by molar-refractivity contribution is 5.88. The molecule has 0 unspecified atom stereocenters. The van der Waals surface area contributed by atoms with Gasteiger partial charge in [-0.05, 0) is 52.9 Å². The maximum atomic E-state index is 11.4. The van der Waals surface area contributed by atoms with Crippen LogP contribution in [0.15, 0.2) is 4.99 Å². The summed E-state index contributed by atoms with van der Waals surface area (Å²) in [4.78, 5) is 16.2. The van der Waals surface area contributed by atoms with E-state index in [9.17, 15) is 4.79 Å². The lowest BCUT2D eigenvalue weighted by Gasteiger charge is -2.51. The maximum absolute atomic E-state index is 11.4. The van der Waals surface area contributed by atoms with Gasteiger partial charge >= 0.3 is 0 Å². The number of aliphatic imine (C=N–C) groups is 1. The van der Waals surface area contributed by atoms with Crippen LogP contribution in [-0.4, -0.2) is 22.7 Å². The predicted molar refractivity (Wildman–Crippen MR) is 70.2 cm³/mol. The number of nitrogens with one attached hydrogen (secondary N) is 1. The first-order valence-electron chi connectivity index (χ1n) is 6.60. The summed E-state index contributed by atoms with van der Waals surface area (Å²) in [6.07, 6.45) is 3.40. The van der Waals surface area contributed by atoms with E-state index in [0.717, 1.165) is 12.8 Å². The van der Waals surface area contributed by atoms with Crippen molar-refractivity contribution in [3.8, 4) is 0 Å². The topological polar surface area (TPSA) is 41.5 Å². The third-order valence-corrected chi connectivity index (χ3v) is 4.73. The van der Waals surface area contributed by atoms with Crippen molar-refractivity contribution in [3.63, 3.8) is 0 Å². The van der Waals surface area contributed by atoms with Gasteiger partial charge in [0.15, 0.2) is 0 Å². The second-order valence-corrected chi connectivity index (χ2v) is 6.53. The van der Waals surface area contributed by atoms with Crippen LogP contribution in [0.1, 0.15) is 53.9 Å². The molecule has 2 aliphatic rings. The fraction of sp³-hybridized carbons (Fsp3) is 0.857. The van der Waals surface area contributed by atoms with Crippen molar-refractivity contribution in [2.24, 2.45) is 16.8 Å². The van der Waals surface area contributed by atoms with Gasteiger partial charge in [-0.25, -0.2) is 0 Å². The molecule has 0 spiro atoms. The van der Waals surface area contributed by atoms with Crippen molar-refractivity contribution in [1.82, 2.24) is 5.32 Å². The smallest absolute Gasteiger partial charge is 0.217 e. The third kappa shape index (κ3) is 2.12. The van der Waals surface area contributed by atoms with Crippen molar-refractivity contribution < 1.29 is 4.79 Å². The highest BCUT2D eigenvalue weighted by Crippen LogP contribution is 2.46. The fourth-order valence-corrected chi connectivity index (χ4v) is 3.76. The Morgan fingerprint density at radius 3 is 2.65 bits per heavy atom. The van der Waals surface area contributed by atoms with Gasteiger partial charge in [0.25, 0.3) is 0 Å². The van der Waals surface area contributed by atoms with Crippen LogP contribution in [0.5, 0.6) is 0 Å². The van der Waals surface area contributed by atoms with Gasteiger partial charge in [0.05, 0.1) is 5.54 Å². The monoisotopic (exact) mass is 236 g/mol. The normalized spacial score (nSPS) is 39.5. The molecular weight excluding hydrogens is 212 g/mol. The van der Waals surface area contributed by atoms with Crippen LogP contribution >= 0.6 is 0 Å². The molecule has 3 atom stereocenters. The van der Waals surface area contributed by atoms with E-state index in [1.165, 1.54) is 12.1 Å². The SMILES string of the molecule is CC(=O)N[C@@]1(C)CC[C@H]2C[C@@H]1C(C)=NC2(C)C. The summed E-state index contributed by atoms with van der Waals surface area (Å²) in [6.45, 7) is 10.4. The lowest BCUT2D eigenvalue weighted by molar-refractivity contribution is -0.121. The van der Waals surface area contributed by atoms with Crippen molar-refractivity contribution in [2.75, 3.05) is 0 Å². The summed E-state index contributed by atoms with van der Waals surface area (Å²) in [5, 5.41) is 3.15. The standard InChI is InChI=1S/C14H24N2O/c1-9-12-8-11(13(3,4)15-9)6-7-14(12,5)16-10(2)17/h11-12H,6-8H2,1-5H3,(H,16,17)/t11-,12+,14-/m0/s1. The van der Waals surface area contributed by atoms with Crippen molar-refractivity contribution in [2.45, 2.75) is 65.0 Å². The van der Waals surface area contributed by atoms with E-state index in [1.54, 1.807) is 6.92 Å². The molecule has 2 rings (SSSR count).